The lowest BCUT2D eigenvalue weighted by molar-refractivity contribution is -0.136. The van der Waals surface area contributed by atoms with Gasteiger partial charge in [0, 0.05) is 39.7 Å². The molecule has 0 fully saturated rings. The number of aromatic nitrogens is 2. The van der Waals surface area contributed by atoms with Crippen LogP contribution in [0.1, 0.15) is 40.9 Å². The molecule has 0 saturated heterocycles. The lowest BCUT2D eigenvalue weighted by Crippen LogP contribution is -2.30. The van der Waals surface area contributed by atoms with Gasteiger partial charge in [-0.05, 0) is 65.7 Å². The summed E-state index contributed by atoms with van der Waals surface area (Å²) >= 11 is 12.4. The number of hydrogen-bond acceptors (Lipinski definition) is 5. The third kappa shape index (κ3) is 6.81. The number of halogens is 5. The summed E-state index contributed by atoms with van der Waals surface area (Å²) in [5, 5.41) is 17.6. The van der Waals surface area contributed by atoms with E-state index in [1.165, 1.54) is 41.5 Å². The maximum absolute atomic E-state index is 15.2. The summed E-state index contributed by atoms with van der Waals surface area (Å²) in [6.45, 7) is 1.56. The van der Waals surface area contributed by atoms with E-state index in [1.54, 1.807) is 61.5 Å². The Balaban J connectivity index is 1.73. The van der Waals surface area contributed by atoms with Crippen LogP contribution < -0.4 is 15.5 Å². The molecule has 2 amide bonds. The number of methoxy groups -OCH3 is 1. The molecule has 0 aliphatic heterocycles. The molecule has 0 radical (unpaired) electrons. The zero-order valence-corrected chi connectivity index (χ0v) is 26.0. The average Bonchev–Trinajstić information content (AvgIpc) is 3.45. The van der Waals surface area contributed by atoms with E-state index in [4.69, 9.17) is 33.1 Å². The van der Waals surface area contributed by atoms with Crippen LogP contribution in [0.2, 0.25) is 10.0 Å². The Kier molecular flexibility index (Phi) is 9.57. The number of hydrogen-bond donors (Lipinski definition) is 3. The van der Waals surface area contributed by atoms with Gasteiger partial charge in [0.25, 0.3) is 5.91 Å². The summed E-state index contributed by atoms with van der Waals surface area (Å²) in [4.78, 5) is 24.6. The van der Waals surface area contributed by atoms with Crippen LogP contribution in [0.15, 0.2) is 78.9 Å². The van der Waals surface area contributed by atoms with Crippen molar-refractivity contribution in [2.75, 3.05) is 13.7 Å². The average molecular weight is 672 g/mol. The van der Waals surface area contributed by atoms with Crippen molar-refractivity contribution in [1.82, 2.24) is 20.6 Å². The highest BCUT2D eigenvalue weighted by atomic mass is 35.5. The molecular formula is C33H27Cl2F3N4O4. The summed E-state index contributed by atoms with van der Waals surface area (Å²) in [6, 6.07) is 19.9. The summed E-state index contributed by atoms with van der Waals surface area (Å²) in [5.74, 6) is -0.647. The van der Waals surface area contributed by atoms with Crippen LogP contribution >= 0.6 is 23.2 Å². The molecule has 5 aromatic rings. The van der Waals surface area contributed by atoms with Crippen LogP contribution in [0, 0.1) is 0 Å². The minimum absolute atomic E-state index is 0.0655. The van der Waals surface area contributed by atoms with Crippen molar-refractivity contribution in [1.29, 1.82) is 0 Å². The molecule has 0 aliphatic carbocycles. The number of fused-ring (bicyclic) bond motifs is 1. The fourth-order valence-corrected chi connectivity index (χ4v) is 5.82. The first-order chi connectivity index (χ1) is 21.9. The molecule has 1 unspecified atom stereocenters. The van der Waals surface area contributed by atoms with Crippen molar-refractivity contribution in [2.24, 2.45) is 0 Å². The van der Waals surface area contributed by atoms with Gasteiger partial charge in [0.2, 0.25) is 5.91 Å². The molecule has 0 bridgehead atoms. The molecule has 8 nitrogen and oxygen atoms in total. The number of benzene rings is 4. The van der Waals surface area contributed by atoms with E-state index >= 15 is 13.2 Å². The van der Waals surface area contributed by atoms with Gasteiger partial charge in [0.05, 0.1) is 18.8 Å². The highest BCUT2D eigenvalue weighted by Gasteiger charge is 2.42. The monoisotopic (exact) mass is 670 g/mol. The van der Waals surface area contributed by atoms with Gasteiger partial charge in [-0.15, -0.1) is 0 Å². The van der Waals surface area contributed by atoms with E-state index < -0.39 is 29.6 Å². The second-order valence-corrected chi connectivity index (χ2v) is 11.3. The van der Waals surface area contributed by atoms with Crippen LogP contribution in [-0.4, -0.2) is 40.5 Å². The molecule has 46 heavy (non-hydrogen) atoms. The second-order valence-electron chi connectivity index (χ2n) is 10.4. The van der Waals surface area contributed by atoms with Crippen LogP contribution in [0.3, 0.4) is 0 Å². The van der Waals surface area contributed by atoms with E-state index in [2.05, 4.69) is 10.4 Å². The van der Waals surface area contributed by atoms with Gasteiger partial charge in [-0.3, -0.25) is 19.5 Å². The van der Waals surface area contributed by atoms with E-state index in [0.717, 1.165) is 5.39 Å². The molecule has 4 aromatic carbocycles. The zero-order chi connectivity index (χ0) is 33.2. The van der Waals surface area contributed by atoms with Gasteiger partial charge < -0.3 is 10.1 Å². The van der Waals surface area contributed by atoms with Gasteiger partial charge in [-0.25, -0.2) is 5.48 Å². The topological polar surface area (TPSA) is 105 Å². The Bertz CT molecular complexity index is 1920. The van der Waals surface area contributed by atoms with Crippen LogP contribution in [0.25, 0.3) is 33.3 Å². The van der Waals surface area contributed by atoms with Crippen LogP contribution in [0.4, 0.5) is 13.2 Å². The maximum atomic E-state index is 15.2. The first-order valence-corrected chi connectivity index (χ1v) is 14.7. The standard InChI is InChI=1S/C33H27Cl2F3N4O4/c1-18(26-5-3-4-6-27(26)32(44)39-12-11-28(43)41-45)42-31(21-8-7-20-16-25(46-2)10-9-19(20)13-21)29(33(36,37)38)30(40-42)22-14-23(34)17-24(35)15-22/h3-10,13-18,45H,11-12H2,1-2H3,(H,39,44)(H,41,43). The van der Waals surface area contributed by atoms with E-state index in [0.29, 0.717) is 16.7 Å². The molecule has 0 aliphatic rings. The molecule has 238 valence electrons. The molecular weight excluding hydrogens is 644 g/mol. The highest BCUT2D eigenvalue weighted by Crippen LogP contribution is 2.46. The summed E-state index contributed by atoms with van der Waals surface area (Å²) in [7, 11) is 1.53. The maximum Gasteiger partial charge on any atom is 0.420 e. The van der Waals surface area contributed by atoms with Gasteiger partial charge in [-0.1, -0.05) is 59.6 Å². The number of nitrogens with one attached hydrogen (secondary N) is 2. The fraction of sp³-hybridized carbons (Fsp3) is 0.182. The van der Waals surface area contributed by atoms with Gasteiger partial charge in [0.15, 0.2) is 0 Å². The van der Waals surface area contributed by atoms with Crippen molar-refractivity contribution < 1.29 is 32.7 Å². The number of hydroxylamine groups is 1. The smallest absolute Gasteiger partial charge is 0.420 e. The number of carbonyl (C=O) groups is 2. The normalized spacial score (nSPS) is 12.2. The Morgan fingerprint density at radius 3 is 2.30 bits per heavy atom. The minimum Gasteiger partial charge on any atom is -0.497 e. The van der Waals surface area contributed by atoms with Crippen LogP contribution in [0.5, 0.6) is 5.75 Å². The first-order valence-electron chi connectivity index (χ1n) is 14.0. The Morgan fingerprint density at radius 1 is 0.957 bits per heavy atom. The Hall–Kier alpha value is -4.58. The van der Waals surface area contributed by atoms with E-state index in [1.807, 2.05) is 0 Å². The Labute approximate surface area is 271 Å². The lowest BCUT2D eigenvalue weighted by atomic mass is 9.97. The number of carbonyl (C=O) groups excluding carboxylic acids is 2. The molecule has 1 aromatic heterocycles. The van der Waals surface area contributed by atoms with Crippen molar-refractivity contribution in [3.63, 3.8) is 0 Å². The van der Waals surface area contributed by atoms with Crippen molar-refractivity contribution in [2.45, 2.75) is 25.6 Å². The predicted octanol–water partition coefficient (Wildman–Crippen LogP) is 7.94. The van der Waals surface area contributed by atoms with Crippen molar-refractivity contribution in [3.8, 4) is 28.3 Å². The molecule has 3 N–H and O–H groups in total. The number of alkyl halides is 3. The number of ether oxygens (including phenoxy) is 1. The largest absolute Gasteiger partial charge is 0.497 e. The van der Waals surface area contributed by atoms with Gasteiger partial charge >= 0.3 is 6.18 Å². The number of nitrogens with zero attached hydrogens (tertiary/aromatic N) is 2. The Morgan fingerprint density at radius 2 is 1.63 bits per heavy atom. The summed E-state index contributed by atoms with van der Waals surface area (Å²) in [5.41, 5.74) is 0.742. The summed E-state index contributed by atoms with van der Waals surface area (Å²) < 4.78 is 52.0. The minimum atomic E-state index is -4.86. The van der Waals surface area contributed by atoms with Gasteiger partial charge in [-0.2, -0.15) is 18.3 Å². The fourth-order valence-electron chi connectivity index (χ4n) is 5.29. The molecule has 0 spiro atoms. The zero-order valence-electron chi connectivity index (χ0n) is 24.5. The molecule has 5 rings (SSSR count). The third-order valence-electron chi connectivity index (χ3n) is 7.44. The third-order valence-corrected chi connectivity index (χ3v) is 7.87. The molecule has 1 atom stereocenters. The SMILES string of the molecule is COc1ccc2cc(-c3c(C(F)(F)F)c(-c4cc(Cl)cc(Cl)c4)nn3C(C)c3ccccc3C(=O)NCCC(=O)NO)ccc2c1. The predicted molar refractivity (Wildman–Crippen MR) is 169 cm³/mol. The lowest BCUT2D eigenvalue weighted by Gasteiger charge is -2.20. The number of amides is 2. The quantitative estimate of drug-likeness (QED) is 0.109. The molecule has 0 saturated carbocycles. The molecule has 13 heteroatoms. The van der Waals surface area contributed by atoms with Crippen molar-refractivity contribution >= 4 is 45.8 Å². The molecule has 1 heterocycles. The highest BCUT2D eigenvalue weighted by molar-refractivity contribution is 6.35. The second kappa shape index (κ2) is 13.4. The van der Waals surface area contributed by atoms with Crippen LogP contribution in [-0.2, 0) is 11.0 Å². The van der Waals surface area contributed by atoms with Crippen molar-refractivity contribution in [3.05, 3.63) is 106 Å². The van der Waals surface area contributed by atoms with Gasteiger partial charge in [0.1, 0.15) is 17.0 Å². The number of rotatable bonds is 9. The summed E-state index contributed by atoms with van der Waals surface area (Å²) in [6.07, 6.45) is -5.05. The van der Waals surface area contributed by atoms with E-state index in [-0.39, 0.29) is 51.1 Å². The first kappa shape index (κ1) is 32.8. The van der Waals surface area contributed by atoms with E-state index in [9.17, 15) is 9.59 Å².